The van der Waals surface area contributed by atoms with Gasteiger partial charge in [0.1, 0.15) is 5.75 Å². The molecule has 1 aromatic rings. The first-order valence-electron chi connectivity index (χ1n) is 7.48. The maximum atomic E-state index is 6.42. The second-order valence-electron chi connectivity index (χ2n) is 7.53. The fourth-order valence-corrected chi connectivity index (χ4v) is 3.07. The average molecular weight is 370 g/mol. The molecule has 0 N–H and O–H groups in total. The molecule has 0 aromatic heterocycles. The molecular weight excluding hydrogens is 344 g/mol. The van der Waals surface area contributed by atoms with E-state index in [9.17, 15) is 0 Å². The van der Waals surface area contributed by atoms with Gasteiger partial charge in [-0.2, -0.15) is 0 Å². The van der Waals surface area contributed by atoms with Crippen LogP contribution in [0, 0.1) is 5.41 Å². The zero-order valence-corrected chi connectivity index (χ0v) is 16.5. The fraction of sp³-hybridized carbons (Fsp3) is 0.647. The lowest BCUT2D eigenvalue weighted by molar-refractivity contribution is -0.0686. The van der Waals surface area contributed by atoms with Gasteiger partial charge in [-0.25, -0.2) is 0 Å². The first-order chi connectivity index (χ1) is 9.63. The SMILES string of the molecule is C[Si](C)C(C)(C)COC1c2ccc(Br)cc2OCC1(C)C. The van der Waals surface area contributed by atoms with Crippen molar-refractivity contribution in [2.45, 2.75) is 51.9 Å². The van der Waals surface area contributed by atoms with Crippen LogP contribution in [0.4, 0.5) is 0 Å². The normalized spacial score (nSPS) is 21.0. The zero-order chi connectivity index (χ0) is 15.8. The number of halogens is 1. The van der Waals surface area contributed by atoms with E-state index < -0.39 is 8.80 Å². The highest BCUT2D eigenvalue weighted by Gasteiger charge is 2.39. The molecule has 0 saturated carbocycles. The number of hydrogen-bond donors (Lipinski definition) is 0. The van der Waals surface area contributed by atoms with E-state index in [-0.39, 0.29) is 16.6 Å². The lowest BCUT2D eigenvalue weighted by Gasteiger charge is -2.41. The molecule has 1 atom stereocenters. The Balaban J connectivity index is 2.24. The summed E-state index contributed by atoms with van der Waals surface area (Å²) in [6.45, 7) is 15.3. The van der Waals surface area contributed by atoms with E-state index in [0.717, 1.165) is 16.8 Å². The van der Waals surface area contributed by atoms with Crippen molar-refractivity contribution in [2.75, 3.05) is 13.2 Å². The molecule has 2 rings (SSSR count). The van der Waals surface area contributed by atoms with Crippen LogP contribution >= 0.6 is 15.9 Å². The quantitative estimate of drug-likeness (QED) is 0.655. The van der Waals surface area contributed by atoms with Crippen LogP contribution in [0.25, 0.3) is 0 Å². The highest BCUT2D eigenvalue weighted by atomic mass is 79.9. The van der Waals surface area contributed by atoms with Crippen LogP contribution in [0.15, 0.2) is 22.7 Å². The van der Waals surface area contributed by atoms with Crippen molar-refractivity contribution in [1.82, 2.24) is 0 Å². The van der Waals surface area contributed by atoms with Gasteiger partial charge in [0, 0.05) is 22.1 Å². The molecule has 0 spiro atoms. The van der Waals surface area contributed by atoms with E-state index >= 15 is 0 Å². The third-order valence-corrected chi connectivity index (χ3v) is 7.88. The zero-order valence-electron chi connectivity index (χ0n) is 13.9. The molecule has 1 radical (unpaired) electrons. The van der Waals surface area contributed by atoms with Gasteiger partial charge in [-0.1, -0.05) is 62.8 Å². The minimum Gasteiger partial charge on any atom is -0.492 e. The lowest BCUT2D eigenvalue weighted by atomic mass is 9.81. The standard InChI is InChI=1S/C17H26BrO2Si/c1-16(2)10-19-14-9-12(18)7-8-13(14)15(16)20-11-17(3,4)21(5)6/h7-9,15H,10-11H2,1-6H3. The van der Waals surface area contributed by atoms with Gasteiger partial charge < -0.3 is 9.47 Å². The summed E-state index contributed by atoms with van der Waals surface area (Å²) >= 11 is 3.51. The molecule has 0 amide bonds. The summed E-state index contributed by atoms with van der Waals surface area (Å²) in [4.78, 5) is 0. The summed E-state index contributed by atoms with van der Waals surface area (Å²) in [6.07, 6.45) is 0.0926. The van der Waals surface area contributed by atoms with Gasteiger partial charge in [-0.3, -0.25) is 0 Å². The van der Waals surface area contributed by atoms with E-state index in [4.69, 9.17) is 9.47 Å². The highest BCUT2D eigenvalue weighted by Crippen LogP contribution is 2.47. The molecule has 0 fully saturated rings. The number of ether oxygens (including phenoxy) is 2. The minimum absolute atomic E-state index is 0.00863. The molecule has 1 aliphatic rings. The van der Waals surface area contributed by atoms with Crippen LogP contribution in [-0.2, 0) is 4.74 Å². The van der Waals surface area contributed by atoms with Crippen LogP contribution in [0.2, 0.25) is 18.1 Å². The van der Waals surface area contributed by atoms with Crippen LogP contribution < -0.4 is 4.74 Å². The number of hydrogen-bond acceptors (Lipinski definition) is 2. The molecular formula is C17H26BrO2Si. The third kappa shape index (κ3) is 3.72. The van der Waals surface area contributed by atoms with Crippen LogP contribution in [0.3, 0.4) is 0 Å². The Labute approximate surface area is 139 Å². The van der Waals surface area contributed by atoms with Crippen molar-refractivity contribution in [2.24, 2.45) is 5.41 Å². The molecule has 1 aromatic carbocycles. The molecule has 0 saturated heterocycles. The Morgan fingerprint density at radius 3 is 2.67 bits per heavy atom. The van der Waals surface area contributed by atoms with Crippen molar-refractivity contribution >= 4 is 24.7 Å². The molecule has 1 unspecified atom stereocenters. The molecule has 21 heavy (non-hydrogen) atoms. The summed E-state index contributed by atoms with van der Waals surface area (Å²) in [7, 11) is -0.395. The smallest absolute Gasteiger partial charge is 0.126 e. The van der Waals surface area contributed by atoms with Crippen molar-refractivity contribution in [1.29, 1.82) is 0 Å². The summed E-state index contributed by atoms with van der Waals surface area (Å²) in [6, 6.07) is 6.24. The summed E-state index contributed by atoms with van der Waals surface area (Å²) in [5.74, 6) is 0.949. The van der Waals surface area contributed by atoms with Crippen molar-refractivity contribution in [3.63, 3.8) is 0 Å². The van der Waals surface area contributed by atoms with Gasteiger partial charge in [0.2, 0.25) is 0 Å². The molecule has 2 nitrogen and oxygen atoms in total. The lowest BCUT2D eigenvalue weighted by Crippen LogP contribution is -2.37. The molecule has 0 bridgehead atoms. The fourth-order valence-electron chi connectivity index (χ4n) is 2.36. The van der Waals surface area contributed by atoms with Gasteiger partial charge in [0.25, 0.3) is 0 Å². The van der Waals surface area contributed by atoms with Crippen molar-refractivity contribution in [3.8, 4) is 5.75 Å². The maximum Gasteiger partial charge on any atom is 0.126 e. The molecule has 4 heteroatoms. The predicted molar refractivity (Wildman–Crippen MR) is 93.6 cm³/mol. The number of fused-ring (bicyclic) bond motifs is 1. The van der Waals surface area contributed by atoms with Crippen LogP contribution in [0.5, 0.6) is 5.75 Å². The largest absolute Gasteiger partial charge is 0.492 e. The van der Waals surface area contributed by atoms with Gasteiger partial charge in [-0.05, 0) is 17.2 Å². The van der Waals surface area contributed by atoms with Gasteiger partial charge in [0.05, 0.1) is 21.5 Å². The van der Waals surface area contributed by atoms with Crippen molar-refractivity contribution < 1.29 is 9.47 Å². The Kier molecular flexibility index (Phi) is 4.91. The summed E-state index contributed by atoms with van der Waals surface area (Å²) in [5.41, 5.74) is 1.16. The molecule has 117 valence electrons. The van der Waals surface area contributed by atoms with E-state index in [1.807, 2.05) is 6.07 Å². The maximum absolute atomic E-state index is 6.42. The first kappa shape index (κ1) is 17.0. The summed E-state index contributed by atoms with van der Waals surface area (Å²) < 4.78 is 13.4. The van der Waals surface area contributed by atoms with Gasteiger partial charge in [-0.15, -0.1) is 0 Å². The topological polar surface area (TPSA) is 18.5 Å². The van der Waals surface area contributed by atoms with Crippen LogP contribution in [0.1, 0.15) is 39.4 Å². The Morgan fingerprint density at radius 1 is 1.38 bits per heavy atom. The molecule has 1 aliphatic heterocycles. The van der Waals surface area contributed by atoms with E-state index in [0.29, 0.717) is 6.61 Å². The number of benzene rings is 1. The van der Waals surface area contributed by atoms with Gasteiger partial charge >= 0.3 is 0 Å². The average Bonchev–Trinajstić information content (AvgIpc) is 2.37. The Bertz CT molecular complexity index is 512. The third-order valence-electron chi connectivity index (χ3n) is 4.53. The second kappa shape index (κ2) is 6.05. The minimum atomic E-state index is -0.395. The van der Waals surface area contributed by atoms with Crippen LogP contribution in [-0.4, -0.2) is 22.0 Å². The Morgan fingerprint density at radius 2 is 2.05 bits per heavy atom. The van der Waals surface area contributed by atoms with E-state index in [2.05, 4.69) is 68.9 Å². The predicted octanol–water partition coefficient (Wildman–Crippen LogP) is 5.46. The molecule has 1 heterocycles. The van der Waals surface area contributed by atoms with E-state index in [1.54, 1.807) is 0 Å². The monoisotopic (exact) mass is 369 g/mol. The van der Waals surface area contributed by atoms with E-state index in [1.165, 1.54) is 5.56 Å². The molecule has 0 aliphatic carbocycles. The number of rotatable bonds is 4. The van der Waals surface area contributed by atoms with Crippen molar-refractivity contribution in [3.05, 3.63) is 28.2 Å². The second-order valence-corrected chi connectivity index (χ2v) is 11.8. The van der Waals surface area contributed by atoms with Gasteiger partial charge in [0.15, 0.2) is 0 Å². The highest BCUT2D eigenvalue weighted by molar-refractivity contribution is 9.10. The summed E-state index contributed by atoms with van der Waals surface area (Å²) in [5, 5.41) is 0.272. The Hall–Kier alpha value is -0.323. The first-order valence-corrected chi connectivity index (χ1v) is 10.8.